The van der Waals surface area contributed by atoms with Crippen LogP contribution in [-0.4, -0.2) is 39.1 Å². The number of likely N-dealkylation sites (tertiary alicyclic amines) is 1. The average molecular weight is 358 g/mol. The van der Waals surface area contributed by atoms with Crippen LogP contribution in [0.1, 0.15) is 39.8 Å². The van der Waals surface area contributed by atoms with Crippen molar-refractivity contribution in [3.63, 3.8) is 0 Å². The summed E-state index contributed by atoms with van der Waals surface area (Å²) in [5.41, 5.74) is 3.59. The minimum atomic E-state index is 0.0683. The van der Waals surface area contributed by atoms with Gasteiger partial charge < -0.3 is 4.90 Å². The first-order valence-corrected chi connectivity index (χ1v) is 9.82. The number of thiazole rings is 1. The van der Waals surface area contributed by atoms with E-state index in [1.54, 1.807) is 28.9 Å². The Labute approximate surface area is 148 Å². The highest BCUT2D eigenvalue weighted by Crippen LogP contribution is 2.31. The normalized spacial score (nSPS) is 15.8. The molecule has 1 N–H and O–H groups in total. The topological polar surface area (TPSA) is 61.9 Å². The van der Waals surface area contributed by atoms with E-state index in [4.69, 9.17) is 0 Å². The first-order chi connectivity index (χ1) is 11.7. The maximum atomic E-state index is 12.9. The Morgan fingerprint density at radius 2 is 2.17 bits per heavy atom. The van der Waals surface area contributed by atoms with Crippen molar-refractivity contribution in [3.8, 4) is 11.3 Å². The van der Waals surface area contributed by atoms with Crippen molar-refractivity contribution in [2.24, 2.45) is 0 Å². The number of H-pyrrole nitrogens is 1. The van der Waals surface area contributed by atoms with Gasteiger partial charge in [-0.15, -0.1) is 11.3 Å². The molecule has 3 aromatic rings. The molecule has 1 saturated heterocycles. The van der Waals surface area contributed by atoms with E-state index in [9.17, 15) is 4.79 Å². The molecule has 0 bridgehead atoms. The van der Waals surface area contributed by atoms with Gasteiger partial charge in [-0.05, 0) is 31.2 Å². The smallest absolute Gasteiger partial charge is 0.257 e. The number of hydrogen-bond acceptors (Lipinski definition) is 5. The predicted molar refractivity (Wildman–Crippen MR) is 96.6 cm³/mol. The van der Waals surface area contributed by atoms with Gasteiger partial charge in [0.1, 0.15) is 0 Å². The highest BCUT2D eigenvalue weighted by atomic mass is 32.1. The highest BCUT2D eigenvalue weighted by molar-refractivity contribution is 7.09. The third-order valence-corrected chi connectivity index (χ3v) is 6.26. The SMILES string of the molecule is Cc1csc(C2CCN(C(=O)c3cn[nH]c3-c3ccsc3)CC2)n1. The molecular formula is C17H18N4OS2. The largest absolute Gasteiger partial charge is 0.338 e. The summed E-state index contributed by atoms with van der Waals surface area (Å²) in [6.45, 7) is 3.58. The van der Waals surface area contributed by atoms with Crippen LogP contribution in [0.4, 0.5) is 0 Å². The molecule has 3 aromatic heterocycles. The van der Waals surface area contributed by atoms with Crippen LogP contribution in [0, 0.1) is 6.92 Å². The van der Waals surface area contributed by atoms with E-state index in [0.29, 0.717) is 11.5 Å². The Morgan fingerprint density at radius 1 is 1.33 bits per heavy atom. The molecule has 124 valence electrons. The maximum absolute atomic E-state index is 12.9. The van der Waals surface area contributed by atoms with E-state index in [2.05, 4.69) is 20.6 Å². The lowest BCUT2D eigenvalue weighted by Gasteiger charge is -2.31. The van der Waals surface area contributed by atoms with E-state index in [0.717, 1.165) is 42.9 Å². The van der Waals surface area contributed by atoms with Crippen molar-refractivity contribution in [3.05, 3.63) is 44.7 Å². The predicted octanol–water partition coefficient (Wildman–Crippen LogP) is 3.92. The molecule has 24 heavy (non-hydrogen) atoms. The summed E-state index contributed by atoms with van der Waals surface area (Å²) in [7, 11) is 0. The Morgan fingerprint density at radius 3 is 2.83 bits per heavy atom. The molecule has 1 aliphatic rings. The fourth-order valence-electron chi connectivity index (χ4n) is 3.13. The standard InChI is InChI=1S/C17H18N4OS2/c1-11-9-24-16(19-11)12-2-5-21(6-3-12)17(22)14-8-18-20-15(14)13-4-7-23-10-13/h4,7-10,12H,2-3,5-6H2,1H3,(H,18,20). The zero-order chi connectivity index (χ0) is 16.5. The first kappa shape index (κ1) is 15.5. The summed E-state index contributed by atoms with van der Waals surface area (Å²) in [5.74, 6) is 0.548. The molecule has 1 aliphatic heterocycles. The number of amides is 1. The molecule has 1 amide bonds. The molecule has 0 spiro atoms. The fourth-order valence-corrected chi connectivity index (χ4v) is 4.75. The van der Waals surface area contributed by atoms with Gasteiger partial charge in [-0.3, -0.25) is 9.89 Å². The summed E-state index contributed by atoms with van der Waals surface area (Å²) in [5, 5.41) is 14.4. The Balaban J connectivity index is 1.46. The molecule has 5 nitrogen and oxygen atoms in total. The number of carbonyl (C=O) groups excluding carboxylic acids is 1. The highest BCUT2D eigenvalue weighted by Gasteiger charge is 2.28. The molecule has 7 heteroatoms. The van der Waals surface area contributed by atoms with Crippen molar-refractivity contribution in [2.75, 3.05) is 13.1 Å². The van der Waals surface area contributed by atoms with Crippen LogP contribution >= 0.6 is 22.7 Å². The monoisotopic (exact) mass is 358 g/mol. The summed E-state index contributed by atoms with van der Waals surface area (Å²) in [6, 6.07) is 2.01. The third-order valence-electron chi connectivity index (χ3n) is 4.45. The number of nitrogens with zero attached hydrogens (tertiary/aromatic N) is 3. The minimum Gasteiger partial charge on any atom is -0.338 e. The number of carbonyl (C=O) groups is 1. The minimum absolute atomic E-state index is 0.0683. The number of nitrogens with one attached hydrogen (secondary N) is 1. The lowest BCUT2D eigenvalue weighted by Crippen LogP contribution is -2.38. The van der Waals surface area contributed by atoms with E-state index in [1.807, 2.05) is 28.7 Å². The lowest BCUT2D eigenvalue weighted by molar-refractivity contribution is 0.0714. The van der Waals surface area contributed by atoms with Gasteiger partial charge in [-0.1, -0.05) is 0 Å². The molecule has 1 fully saturated rings. The van der Waals surface area contributed by atoms with Gasteiger partial charge in [-0.2, -0.15) is 16.4 Å². The summed E-state index contributed by atoms with van der Waals surface area (Å²) in [4.78, 5) is 19.4. The van der Waals surface area contributed by atoms with Crippen molar-refractivity contribution in [2.45, 2.75) is 25.7 Å². The number of rotatable bonds is 3. The molecular weight excluding hydrogens is 340 g/mol. The van der Waals surface area contributed by atoms with Gasteiger partial charge in [0, 0.05) is 41.0 Å². The van der Waals surface area contributed by atoms with Crippen molar-refractivity contribution in [1.29, 1.82) is 0 Å². The van der Waals surface area contributed by atoms with Gasteiger partial charge in [0.25, 0.3) is 5.91 Å². The van der Waals surface area contributed by atoms with Gasteiger partial charge in [0.15, 0.2) is 0 Å². The van der Waals surface area contributed by atoms with Gasteiger partial charge in [-0.25, -0.2) is 4.98 Å². The van der Waals surface area contributed by atoms with Crippen LogP contribution in [0.2, 0.25) is 0 Å². The molecule has 0 atom stereocenters. The molecule has 0 radical (unpaired) electrons. The summed E-state index contributed by atoms with van der Waals surface area (Å²) in [6.07, 6.45) is 3.60. The maximum Gasteiger partial charge on any atom is 0.257 e. The van der Waals surface area contributed by atoms with Crippen LogP contribution in [0.25, 0.3) is 11.3 Å². The number of piperidine rings is 1. The Hall–Kier alpha value is -1.99. The second kappa shape index (κ2) is 6.49. The average Bonchev–Trinajstić information content (AvgIpc) is 3.35. The molecule has 0 unspecified atom stereocenters. The number of aromatic nitrogens is 3. The van der Waals surface area contributed by atoms with Crippen molar-refractivity contribution < 1.29 is 4.79 Å². The Kier molecular flexibility index (Phi) is 4.20. The Bertz CT molecular complexity index is 829. The number of aromatic amines is 1. The van der Waals surface area contributed by atoms with Gasteiger partial charge >= 0.3 is 0 Å². The van der Waals surface area contributed by atoms with E-state index in [-0.39, 0.29) is 5.91 Å². The van der Waals surface area contributed by atoms with Crippen LogP contribution in [0.5, 0.6) is 0 Å². The third kappa shape index (κ3) is 2.89. The fraction of sp³-hybridized carbons (Fsp3) is 0.353. The second-order valence-electron chi connectivity index (χ2n) is 6.06. The zero-order valence-electron chi connectivity index (χ0n) is 13.4. The summed E-state index contributed by atoms with van der Waals surface area (Å²) < 4.78 is 0. The van der Waals surface area contributed by atoms with Crippen LogP contribution in [0.3, 0.4) is 0 Å². The van der Waals surface area contributed by atoms with Crippen LogP contribution in [-0.2, 0) is 0 Å². The van der Waals surface area contributed by atoms with Crippen molar-refractivity contribution in [1.82, 2.24) is 20.1 Å². The lowest BCUT2D eigenvalue weighted by atomic mass is 9.97. The van der Waals surface area contributed by atoms with Crippen LogP contribution < -0.4 is 0 Å². The van der Waals surface area contributed by atoms with Gasteiger partial charge in [0.2, 0.25) is 0 Å². The molecule has 0 aliphatic carbocycles. The first-order valence-electron chi connectivity index (χ1n) is 7.99. The second-order valence-corrected chi connectivity index (χ2v) is 7.73. The van der Waals surface area contributed by atoms with Gasteiger partial charge in [0.05, 0.1) is 22.5 Å². The number of thiophene rings is 1. The van der Waals surface area contributed by atoms with Crippen LogP contribution in [0.15, 0.2) is 28.4 Å². The molecule has 0 saturated carbocycles. The molecule has 0 aromatic carbocycles. The summed E-state index contributed by atoms with van der Waals surface area (Å²) >= 11 is 3.35. The number of aryl methyl sites for hydroxylation is 1. The number of hydrogen-bond donors (Lipinski definition) is 1. The van der Waals surface area contributed by atoms with E-state index < -0.39 is 0 Å². The zero-order valence-corrected chi connectivity index (χ0v) is 15.0. The van der Waals surface area contributed by atoms with E-state index in [1.165, 1.54) is 5.01 Å². The van der Waals surface area contributed by atoms with Crippen molar-refractivity contribution >= 4 is 28.6 Å². The van der Waals surface area contributed by atoms with E-state index >= 15 is 0 Å². The quantitative estimate of drug-likeness (QED) is 0.772. The molecule has 4 heterocycles. The molecule has 4 rings (SSSR count).